The normalized spacial score (nSPS) is 11.1. The number of rotatable bonds is 13. The Balaban J connectivity index is 1.48. The first-order valence-electron chi connectivity index (χ1n) is 15.4. The Hall–Kier alpha value is -5.48. The summed E-state index contributed by atoms with van der Waals surface area (Å²) in [5.74, 6) is 0.407. The molecule has 0 radical (unpaired) electrons. The summed E-state index contributed by atoms with van der Waals surface area (Å²) in [7, 11) is -3.07. The number of nitro groups is 1. The molecule has 0 spiro atoms. The number of anilines is 1. The lowest BCUT2D eigenvalue weighted by atomic mass is 9.94. The molecular weight excluding hydrogens is 628 g/mol. The van der Waals surface area contributed by atoms with Gasteiger partial charge >= 0.3 is 5.97 Å². The zero-order valence-electron chi connectivity index (χ0n) is 27.0. The summed E-state index contributed by atoms with van der Waals surface area (Å²) in [6.07, 6.45) is 0.598. The molecule has 5 aromatic rings. The molecule has 0 amide bonds. The van der Waals surface area contributed by atoms with Crippen LogP contribution in [-0.4, -0.2) is 26.4 Å². The summed E-state index contributed by atoms with van der Waals surface area (Å²) >= 11 is 0. The van der Waals surface area contributed by atoms with Crippen LogP contribution >= 0.6 is 0 Å². The van der Waals surface area contributed by atoms with Gasteiger partial charge in [-0.05, 0) is 95.6 Å². The molecule has 5 rings (SSSR count). The van der Waals surface area contributed by atoms with Crippen molar-refractivity contribution in [1.29, 1.82) is 0 Å². The maximum Gasteiger partial charge on any atom is 0.305 e. The molecular formula is C38H36N2O7S. The van der Waals surface area contributed by atoms with Gasteiger partial charge in [0.25, 0.3) is 15.7 Å². The molecule has 0 atom stereocenters. The van der Waals surface area contributed by atoms with Gasteiger partial charge in [0.15, 0.2) is 4.90 Å². The van der Waals surface area contributed by atoms with E-state index in [4.69, 9.17) is 9.47 Å². The van der Waals surface area contributed by atoms with Crippen LogP contribution in [0.2, 0.25) is 0 Å². The van der Waals surface area contributed by atoms with E-state index in [0.717, 1.165) is 39.1 Å². The number of aryl methyl sites for hydroxylation is 3. The summed E-state index contributed by atoms with van der Waals surface area (Å²) in [6.45, 7) is 4.39. The molecule has 0 unspecified atom stereocenters. The SMILES string of the molecule is COC(=O)CCc1ccc(N(Cc2cccc(-c3c(C)cc(OCc4ccccc4)cc3C)c2)S(=O)(=O)c2ccccc2[N+](=O)[O-])cc1. The second-order valence-electron chi connectivity index (χ2n) is 11.4. The number of nitro benzene ring substituents is 1. The van der Waals surface area contributed by atoms with Crippen LogP contribution in [0.1, 0.15) is 34.2 Å². The van der Waals surface area contributed by atoms with Crippen molar-refractivity contribution in [2.45, 2.75) is 44.7 Å². The summed E-state index contributed by atoms with van der Waals surface area (Å²) in [5.41, 5.74) is 6.30. The fourth-order valence-electron chi connectivity index (χ4n) is 5.63. The van der Waals surface area contributed by atoms with Gasteiger partial charge in [-0.15, -0.1) is 0 Å². The van der Waals surface area contributed by atoms with E-state index in [1.165, 1.54) is 35.7 Å². The first kappa shape index (κ1) is 33.9. The molecule has 48 heavy (non-hydrogen) atoms. The average Bonchev–Trinajstić information content (AvgIpc) is 3.09. The van der Waals surface area contributed by atoms with E-state index in [9.17, 15) is 23.3 Å². The van der Waals surface area contributed by atoms with E-state index < -0.39 is 25.5 Å². The Bertz CT molecular complexity index is 2010. The molecule has 9 nitrogen and oxygen atoms in total. The Labute approximate surface area is 280 Å². The molecule has 0 saturated carbocycles. The number of nitrogens with zero attached hydrogens (tertiary/aromatic N) is 2. The number of ether oxygens (including phenoxy) is 2. The minimum absolute atomic E-state index is 0.0832. The van der Waals surface area contributed by atoms with Gasteiger partial charge in [0.1, 0.15) is 12.4 Å². The third-order valence-electron chi connectivity index (χ3n) is 8.00. The van der Waals surface area contributed by atoms with Gasteiger partial charge in [-0.25, -0.2) is 8.42 Å². The molecule has 0 aromatic heterocycles. The van der Waals surface area contributed by atoms with Crippen LogP contribution in [0.4, 0.5) is 11.4 Å². The van der Waals surface area contributed by atoms with E-state index in [1.54, 1.807) is 24.3 Å². The highest BCUT2D eigenvalue weighted by molar-refractivity contribution is 7.93. The van der Waals surface area contributed by atoms with Crippen LogP contribution in [0.15, 0.2) is 120 Å². The van der Waals surface area contributed by atoms with Crippen LogP contribution in [-0.2, 0) is 39.1 Å². The smallest absolute Gasteiger partial charge is 0.305 e. The minimum Gasteiger partial charge on any atom is -0.489 e. The number of methoxy groups -OCH3 is 1. The largest absolute Gasteiger partial charge is 0.489 e. The summed E-state index contributed by atoms with van der Waals surface area (Å²) < 4.78 is 40.4. The lowest BCUT2D eigenvalue weighted by Crippen LogP contribution is -2.31. The fraction of sp³-hybridized carbons (Fsp3) is 0.184. The fourth-order valence-corrected chi connectivity index (χ4v) is 7.24. The molecule has 0 bridgehead atoms. The van der Waals surface area contributed by atoms with Crippen molar-refractivity contribution >= 4 is 27.4 Å². The molecule has 0 saturated heterocycles. The Morgan fingerprint density at radius 3 is 2.10 bits per heavy atom. The van der Waals surface area contributed by atoms with Crippen LogP contribution < -0.4 is 9.04 Å². The van der Waals surface area contributed by atoms with Crippen molar-refractivity contribution in [2.75, 3.05) is 11.4 Å². The quantitative estimate of drug-likeness (QED) is 0.0712. The maximum atomic E-state index is 14.2. The second-order valence-corrected chi connectivity index (χ2v) is 13.2. The zero-order chi connectivity index (χ0) is 34.3. The number of esters is 1. The van der Waals surface area contributed by atoms with Crippen LogP contribution in [0, 0.1) is 24.0 Å². The summed E-state index contributed by atoms with van der Waals surface area (Å²) in [5, 5.41) is 11.9. The lowest BCUT2D eigenvalue weighted by Gasteiger charge is -2.25. The van der Waals surface area contributed by atoms with Gasteiger partial charge in [0, 0.05) is 12.5 Å². The van der Waals surface area contributed by atoms with E-state index >= 15 is 0 Å². The first-order valence-corrected chi connectivity index (χ1v) is 16.8. The van der Waals surface area contributed by atoms with Gasteiger partial charge in [0.05, 0.1) is 24.3 Å². The maximum absolute atomic E-state index is 14.2. The van der Waals surface area contributed by atoms with Crippen molar-refractivity contribution in [1.82, 2.24) is 0 Å². The van der Waals surface area contributed by atoms with E-state index in [0.29, 0.717) is 24.3 Å². The molecule has 0 heterocycles. The predicted molar refractivity (Wildman–Crippen MR) is 185 cm³/mol. The van der Waals surface area contributed by atoms with Crippen molar-refractivity contribution in [2.24, 2.45) is 0 Å². The molecule has 246 valence electrons. The number of hydrogen-bond acceptors (Lipinski definition) is 7. The summed E-state index contributed by atoms with van der Waals surface area (Å²) in [4.78, 5) is 22.4. The number of carbonyl (C=O) groups excluding carboxylic acids is 1. The molecule has 0 aliphatic rings. The van der Waals surface area contributed by atoms with Crippen molar-refractivity contribution in [3.8, 4) is 16.9 Å². The standard InChI is InChI=1S/C38H36N2O7S/c1-27-22-34(47-26-30-10-5-4-6-11-30)23-28(2)38(27)32-13-9-12-31(24-32)25-39(33-19-16-29(17-20-33)18-21-37(41)46-3)48(44,45)36-15-8-7-14-35(36)40(42)43/h4-17,19-20,22-24H,18,21,25-26H2,1-3H3. The van der Waals surface area contributed by atoms with Crippen molar-refractivity contribution < 1.29 is 27.6 Å². The van der Waals surface area contributed by atoms with Gasteiger partial charge < -0.3 is 9.47 Å². The van der Waals surface area contributed by atoms with Gasteiger partial charge in [0.2, 0.25) is 0 Å². The number of sulfonamides is 1. The summed E-state index contributed by atoms with van der Waals surface area (Å²) in [6, 6.07) is 33.6. The highest BCUT2D eigenvalue weighted by Crippen LogP contribution is 2.34. The average molecular weight is 665 g/mol. The first-order chi connectivity index (χ1) is 23.1. The van der Waals surface area contributed by atoms with Crippen LogP contribution in [0.5, 0.6) is 5.75 Å². The van der Waals surface area contributed by atoms with Crippen molar-refractivity contribution in [3.05, 3.63) is 153 Å². The second kappa shape index (κ2) is 15.0. The topological polar surface area (TPSA) is 116 Å². The van der Waals surface area contributed by atoms with Crippen LogP contribution in [0.3, 0.4) is 0 Å². The number of benzene rings is 5. The number of carbonyl (C=O) groups is 1. The molecule has 0 aliphatic carbocycles. The lowest BCUT2D eigenvalue weighted by molar-refractivity contribution is -0.387. The van der Waals surface area contributed by atoms with E-state index in [2.05, 4.69) is 0 Å². The van der Waals surface area contributed by atoms with Gasteiger partial charge in [-0.3, -0.25) is 19.2 Å². The predicted octanol–water partition coefficient (Wildman–Crippen LogP) is 7.96. The third-order valence-corrected chi connectivity index (χ3v) is 9.82. The highest BCUT2D eigenvalue weighted by Gasteiger charge is 2.32. The molecule has 0 N–H and O–H groups in total. The number of para-hydroxylation sites is 1. The zero-order valence-corrected chi connectivity index (χ0v) is 27.8. The van der Waals surface area contributed by atoms with Gasteiger partial charge in [-0.1, -0.05) is 72.8 Å². The van der Waals surface area contributed by atoms with Crippen molar-refractivity contribution in [3.63, 3.8) is 0 Å². The molecule has 5 aromatic carbocycles. The Kier molecular flexibility index (Phi) is 10.6. The van der Waals surface area contributed by atoms with Gasteiger partial charge in [-0.2, -0.15) is 0 Å². The van der Waals surface area contributed by atoms with Crippen LogP contribution in [0.25, 0.3) is 11.1 Å². The molecule has 0 fully saturated rings. The molecule has 0 aliphatic heterocycles. The minimum atomic E-state index is -4.40. The van der Waals surface area contributed by atoms with E-state index in [-0.39, 0.29) is 18.9 Å². The monoisotopic (exact) mass is 664 g/mol. The Morgan fingerprint density at radius 1 is 0.792 bits per heavy atom. The number of hydrogen-bond donors (Lipinski definition) is 0. The Morgan fingerprint density at radius 2 is 1.44 bits per heavy atom. The molecule has 10 heteroatoms. The third kappa shape index (κ3) is 7.90. The highest BCUT2D eigenvalue weighted by atomic mass is 32.2. The van der Waals surface area contributed by atoms with E-state index in [1.807, 2.05) is 80.6 Å².